The number of aliphatic hydroxyl groups is 1. The van der Waals surface area contributed by atoms with Crippen LogP contribution in [0.4, 0.5) is 4.39 Å². The molecule has 2 nitrogen and oxygen atoms in total. The van der Waals surface area contributed by atoms with E-state index in [9.17, 15) is 9.50 Å². The van der Waals surface area contributed by atoms with Gasteiger partial charge in [-0.25, -0.2) is 4.39 Å². The summed E-state index contributed by atoms with van der Waals surface area (Å²) in [6, 6.07) is 7.52. The van der Waals surface area contributed by atoms with Crippen molar-refractivity contribution in [3.63, 3.8) is 0 Å². The first-order valence-corrected chi connectivity index (χ1v) is 5.73. The predicted octanol–water partition coefficient (Wildman–Crippen LogP) is 4.18. The summed E-state index contributed by atoms with van der Waals surface area (Å²) in [6.45, 7) is 1.86. The van der Waals surface area contributed by atoms with Crippen LogP contribution in [0.25, 0.3) is 11.3 Å². The molecule has 0 spiro atoms. The summed E-state index contributed by atoms with van der Waals surface area (Å²) in [6.07, 6.45) is -0.0487. The van der Waals surface area contributed by atoms with Gasteiger partial charge in [-0.3, -0.25) is 0 Å². The molecule has 1 N–H and O–H groups in total. The van der Waals surface area contributed by atoms with E-state index in [0.717, 1.165) is 0 Å². The minimum Gasteiger partial charge on any atom is -0.458 e. The Hall–Kier alpha value is -1.32. The predicted molar refractivity (Wildman–Crippen MR) is 64.4 cm³/mol. The lowest BCUT2D eigenvalue weighted by atomic mass is 10.2. The minimum absolute atomic E-state index is 0.289. The third-order valence-corrected chi connectivity index (χ3v) is 2.85. The number of hydrogen-bond donors (Lipinski definition) is 1. The van der Waals surface area contributed by atoms with Gasteiger partial charge < -0.3 is 9.52 Å². The molecule has 0 bridgehead atoms. The van der Waals surface area contributed by atoms with Crippen LogP contribution in [0.1, 0.15) is 25.2 Å². The van der Waals surface area contributed by atoms with Gasteiger partial charge in [0.15, 0.2) is 0 Å². The van der Waals surface area contributed by atoms with Gasteiger partial charge in [0.05, 0.1) is 5.02 Å². The lowest BCUT2D eigenvalue weighted by molar-refractivity contribution is 0.147. The quantitative estimate of drug-likeness (QED) is 0.891. The lowest BCUT2D eigenvalue weighted by Crippen LogP contribution is -1.91. The summed E-state index contributed by atoms with van der Waals surface area (Å²) in [7, 11) is 0. The highest BCUT2D eigenvalue weighted by molar-refractivity contribution is 6.33. The largest absolute Gasteiger partial charge is 0.458 e. The highest BCUT2D eigenvalue weighted by Gasteiger charge is 2.13. The Bertz CT molecular complexity index is 522. The van der Waals surface area contributed by atoms with Crippen LogP contribution < -0.4 is 0 Å². The zero-order valence-electron chi connectivity index (χ0n) is 9.28. The van der Waals surface area contributed by atoms with Gasteiger partial charge in [0, 0.05) is 5.56 Å². The van der Waals surface area contributed by atoms with Crippen molar-refractivity contribution in [1.29, 1.82) is 0 Å². The average Bonchev–Trinajstić information content (AvgIpc) is 2.77. The third kappa shape index (κ3) is 2.51. The van der Waals surface area contributed by atoms with Crippen LogP contribution in [0.5, 0.6) is 0 Å². The molecular formula is C13H12ClFO2. The second-order valence-corrected chi connectivity index (χ2v) is 4.16. The van der Waals surface area contributed by atoms with Crippen molar-refractivity contribution < 1.29 is 13.9 Å². The summed E-state index contributed by atoms with van der Waals surface area (Å²) in [5.74, 6) is 0.625. The Morgan fingerprint density at radius 3 is 2.76 bits per heavy atom. The van der Waals surface area contributed by atoms with Gasteiger partial charge in [-0.1, -0.05) is 18.5 Å². The molecule has 4 heteroatoms. The van der Waals surface area contributed by atoms with Crippen LogP contribution in [-0.2, 0) is 0 Å². The summed E-state index contributed by atoms with van der Waals surface area (Å²) in [4.78, 5) is 0. The molecule has 90 valence electrons. The first-order chi connectivity index (χ1) is 8.11. The average molecular weight is 255 g/mol. The molecule has 0 saturated carbocycles. The summed E-state index contributed by atoms with van der Waals surface area (Å²) >= 11 is 5.92. The molecule has 0 fully saturated rings. The number of hydrogen-bond acceptors (Lipinski definition) is 2. The van der Waals surface area contributed by atoms with Crippen LogP contribution in [-0.4, -0.2) is 5.11 Å². The van der Waals surface area contributed by atoms with E-state index in [0.29, 0.717) is 23.5 Å². The van der Waals surface area contributed by atoms with Gasteiger partial charge in [0.1, 0.15) is 23.4 Å². The number of benzene rings is 1. The second-order valence-electron chi connectivity index (χ2n) is 3.75. The first-order valence-electron chi connectivity index (χ1n) is 5.35. The topological polar surface area (TPSA) is 33.4 Å². The van der Waals surface area contributed by atoms with E-state index in [-0.39, 0.29) is 10.8 Å². The molecule has 1 aromatic carbocycles. The molecule has 0 radical (unpaired) electrons. The third-order valence-electron chi connectivity index (χ3n) is 2.54. The van der Waals surface area contributed by atoms with Crippen molar-refractivity contribution in [2.24, 2.45) is 0 Å². The molecule has 1 atom stereocenters. The van der Waals surface area contributed by atoms with E-state index in [1.807, 2.05) is 6.92 Å². The number of rotatable bonds is 3. The molecule has 0 aliphatic heterocycles. The lowest BCUT2D eigenvalue weighted by Gasteiger charge is -2.04. The van der Waals surface area contributed by atoms with Crippen molar-refractivity contribution >= 4 is 11.6 Å². The molecule has 0 aliphatic carbocycles. The van der Waals surface area contributed by atoms with E-state index < -0.39 is 6.10 Å². The van der Waals surface area contributed by atoms with Crippen LogP contribution in [0, 0.1) is 5.82 Å². The Kier molecular flexibility index (Phi) is 3.50. The second kappa shape index (κ2) is 4.90. The summed E-state index contributed by atoms with van der Waals surface area (Å²) in [5.41, 5.74) is 0.614. The first kappa shape index (κ1) is 12.1. The Labute approximate surface area is 104 Å². The zero-order chi connectivity index (χ0) is 12.4. The van der Waals surface area contributed by atoms with Crippen molar-refractivity contribution in [2.75, 3.05) is 0 Å². The number of furan rings is 1. The molecule has 17 heavy (non-hydrogen) atoms. The number of halogens is 2. The monoisotopic (exact) mass is 254 g/mol. The standard InChI is InChI=1S/C13H12ClFO2/c1-2-11(16)13-6-5-12(17-13)9-4-3-8(15)7-10(9)14/h3-7,11,16H,2H2,1H3. The van der Waals surface area contributed by atoms with Crippen LogP contribution in [0.15, 0.2) is 34.7 Å². The fraction of sp³-hybridized carbons (Fsp3) is 0.231. The zero-order valence-corrected chi connectivity index (χ0v) is 10.0. The van der Waals surface area contributed by atoms with E-state index in [2.05, 4.69) is 0 Å². The van der Waals surface area contributed by atoms with E-state index in [1.54, 1.807) is 18.2 Å². The van der Waals surface area contributed by atoms with Gasteiger partial charge in [0.2, 0.25) is 0 Å². The smallest absolute Gasteiger partial charge is 0.135 e. The molecule has 0 aliphatic rings. The van der Waals surface area contributed by atoms with Crippen molar-refractivity contribution in [3.05, 3.63) is 46.9 Å². The molecule has 0 amide bonds. The van der Waals surface area contributed by atoms with Gasteiger partial charge in [0.25, 0.3) is 0 Å². The highest BCUT2D eigenvalue weighted by Crippen LogP contribution is 2.31. The van der Waals surface area contributed by atoms with Gasteiger partial charge in [-0.05, 0) is 36.8 Å². The van der Waals surface area contributed by atoms with Gasteiger partial charge in [-0.2, -0.15) is 0 Å². The van der Waals surface area contributed by atoms with Crippen LogP contribution in [0.3, 0.4) is 0 Å². The molecule has 2 aromatic rings. The Morgan fingerprint density at radius 2 is 2.12 bits per heavy atom. The minimum atomic E-state index is -0.622. The maximum Gasteiger partial charge on any atom is 0.135 e. The van der Waals surface area contributed by atoms with E-state index >= 15 is 0 Å². The van der Waals surface area contributed by atoms with Crippen molar-refractivity contribution in [3.8, 4) is 11.3 Å². The summed E-state index contributed by atoms with van der Waals surface area (Å²) in [5, 5.41) is 9.90. The Morgan fingerprint density at radius 1 is 1.35 bits per heavy atom. The number of aliphatic hydroxyl groups excluding tert-OH is 1. The molecule has 1 unspecified atom stereocenters. The maximum atomic E-state index is 12.9. The summed E-state index contributed by atoms with van der Waals surface area (Å²) < 4.78 is 18.4. The van der Waals surface area contributed by atoms with E-state index in [1.165, 1.54) is 12.1 Å². The highest BCUT2D eigenvalue weighted by atomic mass is 35.5. The fourth-order valence-electron chi connectivity index (χ4n) is 1.57. The van der Waals surface area contributed by atoms with Gasteiger partial charge >= 0.3 is 0 Å². The van der Waals surface area contributed by atoms with Crippen LogP contribution in [0.2, 0.25) is 5.02 Å². The van der Waals surface area contributed by atoms with Gasteiger partial charge in [-0.15, -0.1) is 0 Å². The molecule has 1 heterocycles. The molecule has 1 aromatic heterocycles. The van der Waals surface area contributed by atoms with Crippen molar-refractivity contribution in [1.82, 2.24) is 0 Å². The maximum absolute atomic E-state index is 12.9. The van der Waals surface area contributed by atoms with Crippen LogP contribution >= 0.6 is 11.6 Å². The molecule has 2 rings (SSSR count). The molecule has 0 saturated heterocycles. The van der Waals surface area contributed by atoms with Crippen molar-refractivity contribution in [2.45, 2.75) is 19.4 Å². The fourth-order valence-corrected chi connectivity index (χ4v) is 1.83. The molecular weight excluding hydrogens is 243 g/mol. The SMILES string of the molecule is CCC(O)c1ccc(-c2ccc(F)cc2Cl)o1. The normalized spacial score (nSPS) is 12.7. The Balaban J connectivity index is 2.37. The van der Waals surface area contributed by atoms with E-state index in [4.69, 9.17) is 16.0 Å².